The lowest BCUT2D eigenvalue weighted by Crippen LogP contribution is -2.32. The Hall–Kier alpha value is -2.25. The summed E-state index contributed by atoms with van der Waals surface area (Å²) in [6, 6.07) is 3.23. The van der Waals surface area contributed by atoms with Crippen molar-refractivity contribution in [3.05, 3.63) is 24.0 Å². The summed E-state index contributed by atoms with van der Waals surface area (Å²) in [5, 5.41) is 2.51. The predicted molar refractivity (Wildman–Crippen MR) is 72.5 cm³/mol. The molecule has 0 aliphatic rings. The van der Waals surface area contributed by atoms with Crippen molar-refractivity contribution in [2.75, 3.05) is 12.3 Å². The Kier molecular flexibility index (Phi) is 3.80. The van der Waals surface area contributed by atoms with Crippen LogP contribution in [0.1, 0.15) is 25.7 Å². The van der Waals surface area contributed by atoms with E-state index < -0.39 is 23.9 Å². The number of carbonyl (C=O) groups is 1. The van der Waals surface area contributed by atoms with Crippen LogP contribution >= 0.6 is 0 Å². The maximum absolute atomic E-state index is 13.2. The second-order valence-electron chi connectivity index (χ2n) is 4.62. The molecule has 1 amide bonds. The van der Waals surface area contributed by atoms with Crippen LogP contribution in [0.5, 0.6) is 0 Å². The smallest absolute Gasteiger partial charge is 0.399 e. The van der Waals surface area contributed by atoms with Crippen molar-refractivity contribution in [1.29, 1.82) is 0 Å². The lowest BCUT2D eigenvalue weighted by molar-refractivity contribution is -0.148. The van der Waals surface area contributed by atoms with Gasteiger partial charge in [0.25, 0.3) is 0 Å². The van der Waals surface area contributed by atoms with E-state index in [-0.39, 0.29) is 11.0 Å². The number of halogens is 3. The lowest BCUT2D eigenvalue weighted by Gasteiger charge is -2.18. The van der Waals surface area contributed by atoms with E-state index in [2.05, 4.69) is 10.3 Å². The third-order valence-electron chi connectivity index (χ3n) is 3.08. The summed E-state index contributed by atoms with van der Waals surface area (Å²) in [6.07, 6.45) is -4.66. The van der Waals surface area contributed by atoms with Crippen molar-refractivity contribution < 1.29 is 18.0 Å². The Labute approximate surface area is 118 Å². The van der Waals surface area contributed by atoms with E-state index in [0.29, 0.717) is 12.2 Å². The molecule has 1 aromatic carbocycles. The number of carbonyl (C=O) groups excluding carboxylic acids is 1. The van der Waals surface area contributed by atoms with Gasteiger partial charge in [0.05, 0.1) is 11.0 Å². The number of hydrogen-bond donors (Lipinski definition) is 2. The van der Waals surface area contributed by atoms with Crippen LogP contribution in [0.15, 0.2) is 18.2 Å². The normalized spacial score (nSPS) is 13.4. The molecule has 1 unspecified atom stereocenters. The van der Waals surface area contributed by atoms with Crippen LogP contribution in [-0.4, -0.2) is 22.0 Å². The molecule has 21 heavy (non-hydrogen) atoms. The van der Waals surface area contributed by atoms with Gasteiger partial charge in [-0.25, -0.2) is 4.98 Å². The van der Waals surface area contributed by atoms with Crippen LogP contribution in [0.3, 0.4) is 0 Å². The molecule has 0 aliphatic heterocycles. The minimum absolute atomic E-state index is 0.110. The maximum Gasteiger partial charge on any atom is 0.449 e. The molecule has 8 heteroatoms. The molecular formula is C13H15F3N4O. The van der Waals surface area contributed by atoms with Gasteiger partial charge in [0.1, 0.15) is 6.04 Å². The van der Waals surface area contributed by atoms with Crippen LogP contribution in [0.2, 0.25) is 0 Å². The highest BCUT2D eigenvalue weighted by atomic mass is 19.4. The quantitative estimate of drug-likeness (QED) is 0.855. The number of rotatable bonds is 3. The molecule has 0 aliphatic carbocycles. The van der Waals surface area contributed by atoms with Gasteiger partial charge in [-0.05, 0) is 32.0 Å². The number of nitrogens with two attached hydrogens (primary N) is 1. The molecule has 5 nitrogen and oxygen atoms in total. The molecule has 0 spiro atoms. The van der Waals surface area contributed by atoms with Crippen molar-refractivity contribution in [2.45, 2.75) is 26.1 Å². The fraction of sp³-hybridized carbons (Fsp3) is 0.385. The monoisotopic (exact) mass is 300 g/mol. The molecule has 114 valence electrons. The predicted octanol–water partition coefficient (Wildman–Crippen LogP) is 2.33. The molecule has 0 saturated heterocycles. The summed E-state index contributed by atoms with van der Waals surface area (Å²) >= 11 is 0. The van der Waals surface area contributed by atoms with Crippen molar-refractivity contribution in [2.24, 2.45) is 0 Å². The van der Waals surface area contributed by atoms with E-state index in [1.165, 1.54) is 25.1 Å². The molecule has 0 bridgehead atoms. The molecule has 2 rings (SSSR count). The van der Waals surface area contributed by atoms with Gasteiger partial charge in [0.15, 0.2) is 0 Å². The van der Waals surface area contributed by atoms with Crippen LogP contribution in [0.25, 0.3) is 11.0 Å². The topological polar surface area (TPSA) is 72.9 Å². The fourth-order valence-electron chi connectivity index (χ4n) is 2.15. The van der Waals surface area contributed by atoms with E-state index in [1.54, 1.807) is 6.92 Å². The van der Waals surface area contributed by atoms with E-state index >= 15 is 0 Å². The van der Waals surface area contributed by atoms with Crippen molar-refractivity contribution in [1.82, 2.24) is 14.9 Å². The zero-order valence-corrected chi connectivity index (χ0v) is 11.5. The number of hydrogen-bond acceptors (Lipinski definition) is 3. The summed E-state index contributed by atoms with van der Waals surface area (Å²) in [5.41, 5.74) is 6.21. The number of anilines is 1. The number of aromatic nitrogens is 2. The third kappa shape index (κ3) is 2.79. The average molecular weight is 300 g/mol. The van der Waals surface area contributed by atoms with Gasteiger partial charge in [-0.1, -0.05) is 0 Å². The highest BCUT2D eigenvalue weighted by molar-refractivity contribution is 5.85. The second kappa shape index (κ2) is 5.27. The molecule has 1 heterocycles. The minimum Gasteiger partial charge on any atom is -0.399 e. The zero-order chi connectivity index (χ0) is 15.8. The summed E-state index contributed by atoms with van der Waals surface area (Å²) in [7, 11) is 0. The number of fused-ring (bicyclic) bond motifs is 1. The molecule has 3 N–H and O–H groups in total. The van der Waals surface area contributed by atoms with E-state index in [4.69, 9.17) is 5.73 Å². The number of nitrogens with one attached hydrogen (secondary N) is 1. The first-order valence-corrected chi connectivity index (χ1v) is 6.38. The van der Waals surface area contributed by atoms with Crippen LogP contribution in [0.4, 0.5) is 18.9 Å². The number of alkyl halides is 3. The number of benzene rings is 1. The van der Waals surface area contributed by atoms with Gasteiger partial charge in [0.2, 0.25) is 11.7 Å². The number of imidazole rings is 1. The molecule has 1 aromatic heterocycles. The van der Waals surface area contributed by atoms with Crippen molar-refractivity contribution in [3.8, 4) is 0 Å². The Balaban J connectivity index is 2.66. The highest BCUT2D eigenvalue weighted by Gasteiger charge is 2.39. The fourth-order valence-corrected chi connectivity index (χ4v) is 2.15. The van der Waals surface area contributed by atoms with Gasteiger partial charge in [-0.15, -0.1) is 0 Å². The van der Waals surface area contributed by atoms with Crippen molar-refractivity contribution >= 4 is 22.6 Å². The van der Waals surface area contributed by atoms with Crippen LogP contribution in [-0.2, 0) is 11.0 Å². The summed E-state index contributed by atoms with van der Waals surface area (Å²) in [6.45, 7) is 3.43. The molecule has 0 radical (unpaired) electrons. The van der Waals surface area contributed by atoms with Crippen LogP contribution in [0, 0.1) is 0 Å². The second-order valence-corrected chi connectivity index (χ2v) is 4.62. The molecule has 0 saturated carbocycles. The van der Waals surface area contributed by atoms with Gasteiger partial charge in [-0.3, -0.25) is 4.79 Å². The number of likely N-dealkylation sites (N-methyl/N-ethyl adjacent to an activating group) is 1. The standard InChI is InChI=1S/C13H15F3N4O/c1-3-18-11(21)7(2)20-10-5-4-8(17)6-9(10)19-12(20)13(14,15)16/h4-7H,3,17H2,1-2H3,(H,18,21). The third-order valence-corrected chi connectivity index (χ3v) is 3.08. The number of nitrogens with zero attached hydrogens (tertiary/aromatic N) is 2. The number of amides is 1. The summed E-state index contributed by atoms with van der Waals surface area (Å²) < 4.78 is 40.3. The molecular weight excluding hydrogens is 285 g/mol. The van der Waals surface area contributed by atoms with E-state index in [9.17, 15) is 18.0 Å². The SMILES string of the molecule is CCNC(=O)C(C)n1c(C(F)(F)F)nc2cc(N)ccc21. The Morgan fingerprint density at radius 1 is 1.48 bits per heavy atom. The summed E-state index contributed by atoms with van der Waals surface area (Å²) in [4.78, 5) is 15.5. The average Bonchev–Trinajstić information content (AvgIpc) is 2.76. The Morgan fingerprint density at radius 3 is 2.71 bits per heavy atom. The first-order chi connectivity index (χ1) is 9.75. The van der Waals surface area contributed by atoms with Gasteiger partial charge in [-0.2, -0.15) is 13.2 Å². The largest absolute Gasteiger partial charge is 0.449 e. The molecule has 1 atom stereocenters. The van der Waals surface area contributed by atoms with E-state index in [0.717, 1.165) is 4.57 Å². The van der Waals surface area contributed by atoms with Crippen LogP contribution < -0.4 is 11.1 Å². The van der Waals surface area contributed by atoms with E-state index in [1.807, 2.05) is 0 Å². The maximum atomic E-state index is 13.2. The van der Waals surface area contributed by atoms with Gasteiger partial charge in [0, 0.05) is 12.2 Å². The Morgan fingerprint density at radius 2 is 2.14 bits per heavy atom. The first kappa shape index (κ1) is 15.1. The zero-order valence-electron chi connectivity index (χ0n) is 11.5. The Bertz CT molecular complexity index is 678. The lowest BCUT2D eigenvalue weighted by atomic mass is 10.2. The minimum atomic E-state index is -4.66. The van der Waals surface area contributed by atoms with Gasteiger partial charge < -0.3 is 15.6 Å². The van der Waals surface area contributed by atoms with Crippen molar-refractivity contribution in [3.63, 3.8) is 0 Å². The van der Waals surface area contributed by atoms with Gasteiger partial charge >= 0.3 is 6.18 Å². The number of nitrogen functional groups attached to an aromatic ring is 1. The first-order valence-electron chi connectivity index (χ1n) is 6.38. The molecule has 0 fully saturated rings. The highest BCUT2D eigenvalue weighted by Crippen LogP contribution is 2.34. The molecule has 2 aromatic rings. The summed E-state index contributed by atoms with van der Waals surface area (Å²) in [5.74, 6) is -1.61.